The fraction of sp³-hybridized carbons (Fsp3) is 0.310. The van der Waals surface area contributed by atoms with E-state index in [1.165, 1.54) is 24.0 Å². The highest BCUT2D eigenvalue weighted by Crippen LogP contribution is 2.46. The highest BCUT2D eigenvalue weighted by Gasteiger charge is 2.44. The second-order valence-electron chi connectivity index (χ2n) is 9.75. The van der Waals surface area contributed by atoms with Crippen LogP contribution in [0.1, 0.15) is 18.4 Å². The number of rotatable bonds is 6. The Labute approximate surface area is 244 Å². The van der Waals surface area contributed by atoms with Crippen LogP contribution >= 0.6 is 0 Å². The lowest BCUT2D eigenvalue weighted by Gasteiger charge is -2.40. The number of piperazine rings is 1. The highest BCUT2D eigenvalue weighted by atomic mass is 32.2. The average Bonchev–Trinajstić information content (AvgIpc) is 2.99. The van der Waals surface area contributed by atoms with Gasteiger partial charge in [0.2, 0.25) is 5.91 Å². The number of nitrogens with two attached hydrogens (primary N) is 1. The van der Waals surface area contributed by atoms with Gasteiger partial charge in [-0.05, 0) is 23.8 Å². The summed E-state index contributed by atoms with van der Waals surface area (Å²) in [5, 5.41) is 10.3. The fourth-order valence-corrected chi connectivity index (χ4v) is 5.85. The summed E-state index contributed by atoms with van der Waals surface area (Å²) >= 11 is 0. The van der Waals surface area contributed by atoms with E-state index in [0.717, 1.165) is 20.5 Å². The van der Waals surface area contributed by atoms with Crippen LogP contribution < -0.4 is 15.5 Å². The third kappa shape index (κ3) is 5.53. The molecule has 220 valence electrons. The lowest BCUT2D eigenvalue weighted by atomic mass is 9.81. The van der Waals surface area contributed by atoms with Crippen LogP contribution in [0, 0.1) is 11.3 Å². The van der Waals surface area contributed by atoms with E-state index < -0.39 is 27.7 Å². The molecular weight excluding hydrogens is 562 g/mol. The van der Waals surface area contributed by atoms with E-state index in [0.29, 0.717) is 37.4 Å². The number of hydrogen-bond donors (Lipinski definition) is 1. The molecule has 2 heterocycles. The zero-order chi connectivity index (χ0) is 30.8. The van der Waals surface area contributed by atoms with Gasteiger partial charge in [-0.2, -0.15) is 5.26 Å². The number of anilines is 2. The Hall–Kier alpha value is -4.83. The average molecular weight is 594 g/mol. The maximum absolute atomic E-state index is 13.5. The van der Waals surface area contributed by atoms with Gasteiger partial charge in [0.1, 0.15) is 11.5 Å². The zero-order valence-electron chi connectivity index (χ0n) is 23.7. The van der Waals surface area contributed by atoms with Crippen molar-refractivity contribution in [3.8, 4) is 6.07 Å². The minimum atomic E-state index is -3.74. The number of sulfone groups is 1. The lowest BCUT2D eigenvalue weighted by molar-refractivity contribution is -0.139. The van der Waals surface area contributed by atoms with E-state index in [1.807, 2.05) is 4.90 Å². The maximum atomic E-state index is 13.5. The molecule has 0 spiro atoms. The highest BCUT2D eigenvalue weighted by molar-refractivity contribution is 7.90. The summed E-state index contributed by atoms with van der Waals surface area (Å²) in [5.41, 5.74) is 7.21. The minimum absolute atomic E-state index is 0.0497. The number of hydrogen-bond acceptors (Lipinski definition) is 11. The van der Waals surface area contributed by atoms with Gasteiger partial charge in [0.15, 0.2) is 9.84 Å². The molecule has 0 aromatic heterocycles. The number of amides is 1. The van der Waals surface area contributed by atoms with Crippen molar-refractivity contribution in [2.45, 2.75) is 17.7 Å². The van der Waals surface area contributed by atoms with Gasteiger partial charge in [-0.1, -0.05) is 30.3 Å². The van der Waals surface area contributed by atoms with Crippen LogP contribution in [0.3, 0.4) is 0 Å². The van der Waals surface area contributed by atoms with Crippen molar-refractivity contribution in [1.82, 2.24) is 4.90 Å². The van der Waals surface area contributed by atoms with Crippen LogP contribution in [0.5, 0.6) is 0 Å². The van der Waals surface area contributed by atoms with Gasteiger partial charge in [0.25, 0.3) is 0 Å². The monoisotopic (exact) mass is 593 g/mol. The molecule has 2 aromatic rings. The molecule has 0 aliphatic carbocycles. The first-order chi connectivity index (χ1) is 19.9. The van der Waals surface area contributed by atoms with Gasteiger partial charge in [0, 0.05) is 39.4 Å². The Morgan fingerprint density at radius 1 is 0.952 bits per heavy atom. The van der Waals surface area contributed by atoms with E-state index >= 15 is 0 Å². The molecule has 1 amide bonds. The summed E-state index contributed by atoms with van der Waals surface area (Å²) in [4.78, 5) is 43.6. The number of ether oxygens (including phenoxy) is 2. The largest absolute Gasteiger partial charge is 0.466 e. The summed E-state index contributed by atoms with van der Waals surface area (Å²) in [7, 11) is -1.46. The number of esters is 2. The molecule has 1 unspecified atom stereocenters. The SMILES string of the molecule is COC(=O)C1=C(C(=O)OC)N(c2cc(S(C)(=O)=O)ccc2N2CCN(C(C)=O)CC2)C(N)=C(C#N)C1c1ccccc1. The second kappa shape index (κ2) is 12.0. The number of nitrogens with zero attached hydrogens (tertiary/aromatic N) is 4. The molecule has 1 atom stereocenters. The van der Waals surface area contributed by atoms with Crippen LogP contribution in [0.4, 0.5) is 11.4 Å². The van der Waals surface area contributed by atoms with E-state index in [-0.39, 0.29) is 39.2 Å². The van der Waals surface area contributed by atoms with Crippen molar-refractivity contribution < 1.29 is 32.3 Å². The molecule has 0 saturated carbocycles. The van der Waals surface area contributed by atoms with Crippen molar-refractivity contribution >= 4 is 39.1 Å². The molecule has 4 rings (SSSR count). The molecule has 0 bridgehead atoms. The molecule has 1 saturated heterocycles. The van der Waals surface area contributed by atoms with Gasteiger partial charge in [-0.25, -0.2) is 18.0 Å². The van der Waals surface area contributed by atoms with E-state index in [4.69, 9.17) is 15.2 Å². The normalized spacial score (nSPS) is 17.6. The summed E-state index contributed by atoms with van der Waals surface area (Å²) in [6, 6.07) is 15.0. The Bertz CT molecular complexity index is 1640. The molecule has 2 N–H and O–H groups in total. The van der Waals surface area contributed by atoms with Crippen LogP contribution in [0.2, 0.25) is 0 Å². The van der Waals surface area contributed by atoms with Crippen LogP contribution in [-0.4, -0.2) is 77.8 Å². The molecule has 12 nitrogen and oxygen atoms in total. The van der Waals surface area contributed by atoms with E-state index in [2.05, 4.69) is 6.07 Å². The van der Waals surface area contributed by atoms with Crippen molar-refractivity contribution in [3.05, 3.63) is 76.8 Å². The van der Waals surface area contributed by atoms with Crippen molar-refractivity contribution in [2.24, 2.45) is 5.73 Å². The maximum Gasteiger partial charge on any atom is 0.355 e. The van der Waals surface area contributed by atoms with Crippen LogP contribution in [0.15, 0.2) is 76.1 Å². The Morgan fingerprint density at radius 3 is 2.10 bits per heavy atom. The number of benzene rings is 2. The quantitative estimate of drug-likeness (QED) is 0.485. The molecule has 2 aromatic carbocycles. The molecule has 2 aliphatic heterocycles. The smallest absolute Gasteiger partial charge is 0.355 e. The lowest BCUT2D eigenvalue weighted by Crippen LogP contribution is -2.49. The third-order valence-corrected chi connectivity index (χ3v) is 8.40. The Balaban J connectivity index is 2.06. The summed E-state index contributed by atoms with van der Waals surface area (Å²) in [5.74, 6) is -3.18. The summed E-state index contributed by atoms with van der Waals surface area (Å²) in [6.07, 6.45) is 1.04. The molecule has 42 heavy (non-hydrogen) atoms. The Morgan fingerprint density at radius 2 is 1.57 bits per heavy atom. The molecule has 0 radical (unpaired) electrons. The van der Waals surface area contributed by atoms with E-state index in [1.54, 1.807) is 41.3 Å². The topological polar surface area (TPSA) is 163 Å². The van der Waals surface area contributed by atoms with Gasteiger partial charge in [-0.15, -0.1) is 0 Å². The molecular formula is C29H31N5O7S. The number of carbonyl (C=O) groups excluding carboxylic acids is 3. The summed E-state index contributed by atoms with van der Waals surface area (Å²) in [6.45, 7) is 3.07. The van der Waals surface area contributed by atoms with Crippen LogP contribution in [0.25, 0.3) is 0 Å². The van der Waals surface area contributed by atoms with Gasteiger partial charge < -0.3 is 25.0 Å². The molecule has 13 heteroatoms. The van der Waals surface area contributed by atoms with Crippen LogP contribution in [-0.2, 0) is 33.7 Å². The first kappa shape index (κ1) is 30.1. The fourth-order valence-electron chi connectivity index (χ4n) is 5.21. The predicted molar refractivity (Wildman–Crippen MR) is 154 cm³/mol. The molecule has 2 aliphatic rings. The number of carbonyl (C=O) groups is 3. The van der Waals surface area contributed by atoms with Crippen molar-refractivity contribution in [1.29, 1.82) is 5.26 Å². The third-order valence-electron chi connectivity index (χ3n) is 7.29. The summed E-state index contributed by atoms with van der Waals surface area (Å²) < 4.78 is 35.5. The first-order valence-corrected chi connectivity index (χ1v) is 14.8. The number of allylic oxidation sites excluding steroid dienone is 1. The molecule has 1 fully saturated rings. The van der Waals surface area contributed by atoms with Crippen molar-refractivity contribution in [2.75, 3.05) is 56.5 Å². The zero-order valence-corrected chi connectivity index (χ0v) is 24.5. The first-order valence-electron chi connectivity index (χ1n) is 12.9. The van der Waals surface area contributed by atoms with Gasteiger partial charge >= 0.3 is 11.9 Å². The van der Waals surface area contributed by atoms with Crippen molar-refractivity contribution in [3.63, 3.8) is 0 Å². The number of methoxy groups -OCH3 is 2. The Kier molecular flexibility index (Phi) is 8.58. The van der Waals surface area contributed by atoms with Gasteiger partial charge in [-0.3, -0.25) is 9.69 Å². The van der Waals surface area contributed by atoms with E-state index in [9.17, 15) is 28.1 Å². The second-order valence-corrected chi connectivity index (χ2v) is 11.8. The minimum Gasteiger partial charge on any atom is -0.466 e. The van der Waals surface area contributed by atoms with Gasteiger partial charge in [0.05, 0.1) is 53.6 Å². The number of nitriles is 1. The standard InChI is InChI=1S/C29H31N5O7S/c1-18(35)32-12-14-33(15-13-32)22-11-10-20(42(4,38)39)16-23(22)34-26(29(37)41-3)25(28(36)40-2)24(21(17-30)27(34)31)19-8-6-5-7-9-19/h5-11,16,24H,12-15,31H2,1-4H3. The predicted octanol–water partition coefficient (Wildman–Crippen LogP) is 1.66.